The van der Waals surface area contributed by atoms with Crippen molar-refractivity contribution >= 4 is 26.7 Å². The standard InChI is InChI=1S/C14H15BrO3/c1-3-17-12-8-10-6-4-5-7-11(10)13(15)14(12)18-9-16-2/h4-8H,3,9H2,1-2H3. The van der Waals surface area contributed by atoms with Gasteiger partial charge in [0, 0.05) is 7.11 Å². The smallest absolute Gasteiger partial charge is 0.188 e. The summed E-state index contributed by atoms with van der Waals surface area (Å²) in [5, 5.41) is 2.20. The molecule has 0 atom stereocenters. The van der Waals surface area contributed by atoms with E-state index < -0.39 is 0 Å². The molecule has 0 aromatic heterocycles. The number of fused-ring (bicyclic) bond motifs is 1. The molecule has 2 aromatic carbocycles. The van der Waals surface area contributed by atoms with Crippen molar-refractivity contribution in [3.05, 3.63) is 34.8 Å². The van der Waals surface area contributed by atoms with E-state index >= 15 is 0 Å². The van der Waals surface area contributed by atoms with Gasteiger partial charge in [0.05, 0.1) is 11.1 Å². The summed E-state index contributed by atoms with van der Waals surface area (Å²) in [5.41, 5.74) is 0. The van der Waals surface area contributed by atoms with Crippen LogP contribution in [0.2, 0.25) is 0 Å². The zero-order valence-electron chi connectivity index (χ0n) is 10.4. The normalized spacial score (nSPS) is 10.6. The highest BCUT2D eigenvalue weighted by atomic mass is 79.9. The highest BCUT2D eigenvalue weighted by Gasteiger charge is 2.13. The summed E-state index contributed by atoms with van der Waals surface area (Å²) in [7, 11) is 1.59. The van der Waals surface area contributed by atoms with Crippen LogP contribution in [0.25, 0.3) is 10.8 Å². The lowest BCUT2D eigenvalue weighted by molar-refractivity contribution is 0.0483. The minimum atomic E-state index is 0.191. The van der Waals surface area contributed by atoms with Crippen LogP contribution in [0.5, 0.6) is 11.5 Å². The Bertz CT molecular complexity index is 540. The first-order chi connectivity index (χ1) is 8.77. The Morgan fingerprint density at radius 3 is 2.67 bits per heavy atom. The molecule has 0 aliphatic heterocycles. The van der Waals surface area contributed by atoms with Crippen molar-refractivity contribution in [1.82, 2.24) is 0 Å². The van der Waals surface area contributed by atoms with Gasteiger partial charge in [-0.05, 0) is 39.7 Å². The van der Waals surface area contributed by atoms with Gasteiger partial charge in [0.15, 0.2) is 18.3 Å². The molecule has 0 aliphatic rings. The van der Waals surface area contributed by atoms with Crippen LogP contribution in [-0.2, 0) is 4.74 Å². The van der Waals surface area contributed by atoms with E-state index in [-0.39, 0.29) is 6.79 Å². The molecule has 0 heterocycles. The third-order valence-corrected chi connectivity index (χ3v) is 3.32. The molecule has 0 saturated heterocycles. The first-order valence-electron chi connectivity index (χ1n) is 5.73. The van der Waals surface area contributed by atoms with Gasteiger partial charge in [-0.3, -0.25) is 0 Å². The van der Waals surface area contributed by atoms with Crippen LogP contribution in [0.3, 0.4) is 0 Å². The Morgan fingerprint density at radius 2 is 1.94 bits per heavy atom. The number of hydrogen-bond donors (Lipinski definition) is 0. The molecule has 0 aliphatic carbocycles. The second-order valence-corrected chi connectivity index (χ2v) is 4.52. The number of halogens is 1. The maximum atomic E-state index is 5.61. The van der Waals surface area contributed by atoms with E-state index in [0.717, 1.165) is 21.0 Å². The molecule has 0 spiro atoms. The van der Waals surface area contributed by atoms with E-state index in [9.17, 15) is 0 Å². The van der Waals surface area contributed by atoms with Crippen molar-refractivity contribution in [2.24, 2.45) is 0 Å². The summed E-state index contributed by atoms with van der Waals surface area (Å²) in [6.45, 7) is 2.73. The van der Waals surface area contributed by atoms with E-state index in [4.69, 9.17) is 14.2 Å². The summed E-state index contributed by atoms with van der Waals surface area (Å²) in [5.74, 6) is 1.40. The maximum absolute atomic E-state index is 5.61. The van der Waals surface area contributed by atoms with E-state index in [0.29, 0.717) is 12.4 Å². The fraction of sp³-hybridized carbons (Fsp3) is 0.286. The van der Waals surface area contributed by atoms with Gasteiger partial charge in [-0.15, -0.1) is 0 Å². The van der Waals surface area contributed by atoms with Gasteiger partial charge >= 0.3 is 0 Å². The number of ether oxygens (including phenoxy) is 3. The zero-order valence-corrected chi connectivity index (χ0v) is 12.0. The molecule has 2 rings (SSSR count). The predicted molar refractivity (Wildman–Crippen MR) is 75.3 cm³/mol. The number of hydrogen-bond acceptors (Lipinski definition) is 3. The monoisotopic (exact) mass is 310 g/mol. The second-order valence-electron chi connectivity index (χ2n) is 3.72. The Hall–Kier alpha value is -1.26. The van der Waals surface area contributed by atoms with Gasteiger partial charge in [-0.1, -0.05) is 24.3 Å². The van der Waals surface area contributed by atoms with Gasteiger partial charge < -0.3 is 14.2 Å². The molecule has 0 unspecified atom stereocenters. The largest absolute Gasteiger partial charge is 0.490 e. The quantitative estimate of drug-likeness (QED) is 0.782. The van der Waals surface area contributed by atoms with Crippen LogP contribution >= 0.6 is 15.9 Å². The lowest BCUT2D eigenvalue weighted by Gasteiger charge is -2.15. The summed E-state index contributed by atoms with van der Waals surface area (Å²) in [6.07, 6.45) is 0. The maximum Gasteiger partial charge on any atom is 0.188 e. The van der Waals surface area contributed by atoms with Gasteiger partial charge in [0.1, 0.15) is 0 Å². The molecule has 0 amide bonds. The Morgan fingerprint density at radius 1 is 1.17 bits per heavy atom. The highest BCUT2D eigenvalue weighted by Crippen LogP contribution is 2.41. The summed E-state index contributed by atoms with van der Waals surface area (Å²) in [6, 6.07) is 10.1. The fourth-order valence-electron chi connectivity index (χ4n) is 1.78. The first-order valence-corrected chi connectivity index (χ1v) is 6.53. The average Bonchev–Trinajstić information content (AvgIpc) is 2.39. The third kappa shape index (κ3) is 2.60. The lowest BCUT2D eigenvalue weighted by Crippen LogP contribution is -2.03. The molecule has 0 saturated carbocycles. The molecule has 0 bridgehead atoms. The summed E-state index contributed by atoms with van der Waals surface area (Å²) >= 11 is 3.57. The van der Waals surface area contributed by atoms with Crippen molar-refractivity contribution in [2.75, 3.05) is 20.5 Å². The van der Waals surface area contributed by atoms with Gasteiger partial charge in [-0.25, -0.2) is 0 Å². The molecule has 96 valence electrons. The van der Waals surface area contributed by atoms with Crippen molar-refractivity contribution < 1.29 is 14.2 Å². The number of benzene rings is 2. The van der Waals surface area contributed by atoms with Crippen LogP contribution in [0.15, 0.2) is 34.8 Å². The molecular formula is C14H15BrO3. The highest BCUT2D eigenvalue weighted by molar-refractivity contribution is 9.10. The molecule has 18 heavy (non-hydrogen) atoms. The van der Waals surface area contributed by atoms with Crippen molar-refractivity contribution in [3.8, 4) is 11.5 Å². The van der Waals surface area contributed by atoms with Crippen molar-refractivity contribution in [3.63, 3.8) is 0 Å². The van der Waals surface area contributed by atoms with Crippen LogP contribution in [0.4, 0.5) is 0 Å². The Labute approximate surface area is 115 Å². The van der Waals surface area contributed by atoms with Crippen molar-refractivity contribution in [2.45, 2.75) is 6.92 Å². The van der Waals surface area contributed by atoms with Crippen LogP contribution < -0.4 is 9.47 Å². The molecular weight excluding hydrogens is 296 g/mol. The molecule has 4 heteroatoms. The Kier molecular flexibility index (Phi) is 4.44. The van der Waals surface area contributed by atoms with Gasteiger partial charge in [0.25, 0.3) is 0 Å². The molecule has 0 radical (unpaired) electrons. The van der Waals surface area contributed by atoms with E-state index in [1.54, 1.807) is 7.11 Å². The number of rotatable bonds is 5. The first kappa shape index (κ1) is 13.2. The van der Waals surface area contributed by atoms with Crippen LogP contribution in [-0.4, -0.2) is 20.5 Å². The van der Waals surface area contributed by atoms with E-state index in [1.165, 1.54) is 0 Å². The van der Waals surface area contributed by atoms with E-state index in [2.05, 4.69) is 15.9 Å². The van der Waals surface area contributed by atoms with Gasteiger partial charge in [0.2, 0.25) is 0 Å². The molecule has 0 N–H and O–H groups in total. The minimum Gasteiger partial charge on any atom is -0.490 e. The topological polar surface area (TPSA) is 27.7 Å². The van der Waals surface area contributed by atoms with Crippen LogP contribution in [0.1, 0.15) is 6.92 Å². The summed E-state index contributed by atoms with van der Waals surface area (Å²) < 4.78 is 17.0. The number of methoxy groups -OCH3 is 1. The van der Waals surface area contributed by atoms with Crippen molar-refractivity contribution in [1.29, 1.82) is 0 Å². The molecule has 3 nitrogen and oxygen atoms in total. The lowest BCUT2D eigenvalue weighted by atomic mass is 10.1. The SMILES string of the molecule is CCOc1cc2ccccc2c(Br)c1OCOC. The molecule has 2 aromatic rings. The third-order valence-electron chi connectivity index (χ3n) is 2.53. The summed E-state index contributed by atoms with van der Waals surface area (Å²) in [4.78, 5) is 0. The Balaban J connectivity index is 2.55. The fourth-order valence-corrected chi connectivity index (χ4v) is 2.45. The van der Waals surface area contributed by atoms with E-state index in [1.807, 2.05) is 37.3 Å². The average molecular weight is 311 g/mol. The second kappa shape index (κ2) is 6.07. The molecule has 0 fully saturated rings. The van der Waals surface area contributed by atoms with Gasteiger partial charge in [-0.2, -0.15) is 0 Å². The zero-order chi connectivity index (χ0) is 13.0. The minimum absolute atomic E-state index is 0.191. The predicted octanol–water partition coefficient (Wildman–Crippen LogP) is 3.98. The van der Waals surface area contributed by atoms with Crippen LogP contribution in [0, 0.1) is 0 Å².